The zero-order valence-corrected chi connectivity index (χ0v) is 14.6. The van der Waals surface area contributed by atoms with Gasteiger partial charge in [-0.3, -0.25) is 0 Å². The number of rotatable bonds is 8. The molecule has 0 saturated carbocycles. The fraction of sp³-hybridized carbons (Fsp3) is 0.368. The van der Waals surface area contributed by atoms with E-state index in [9.17, 15) is 5.11 Å². The normalized spacial score (nSPS) is 11.8. The molecule has 2 N–H and O–H groups in total. The Hall–Kier alpha value is -2.40. The van der Waals surface area contributed by atoms with Crippen LogP contribution < -0.4 is 19.5 Å². The lowest BCUT2D eigenvalue weighted by Gasteiger charge is -2.19. The molecular weight excluding hydrogens is 306 g/mol. The van der Waals surface area contributed by atoms with E-state index >= 15 is 0 Å². The van der Waals surface area contributed by atoms with Crippen molar-refractivity contribution >= 4 is 0 Å². The molecule has 24 heavy (non-hydrogen) atoms. The summed E-state index contributed by atoms with van der Waals surface area (Å²) >= 11 is 0. The van der Waals surface area contributed by atoms with E-state index in [4.69, 9.17) is 14.2 Å². The zero-order valence-electron chi connectivity index (χ0n) is 14.6. The molecule has 2 rings (SSSR count). The zero-order chi connectivity index (χ0) is 17.5. The molecule has 0 saturated heterocycles. The van der Waals surface area contributed by atoms with Crippen molar-refractivity contribution in [2.45, 2.75) is 26.4 Å². The third kappa shape index (κ3) is 4.32. The van der Waals surface area contributed by atoms with Gasteiger partial charge < -0.3 is 24.6 Å². The van der Waals surface area contributed by atoms with E-state index in [0.29, 0.717) is 13.2 Å². The first-order valence-corrected chi connectivity index (χ1v) is 7.99. The second kappa shape index (κ2) is 8.45. The molecule has 0 amide bonds. The van der Waals surface area contributed by atoms with Gasteiger partial charge in [-0.2, -0.15) is 0 Å². The summed E-state index contributed by atoms with van der Waals surface area (Å²) in [6.07, 6.45) is 0. The number of benzene rings is 2. The van der Waals surface area contributed by atoms with Gasteiger partial charge in [0, 0.05) is 23.7 Å². The molecule has 0 heterocycles. The predicted octanol–water partition coefficient (Wildman–Crippen LogP) is 3.66. The number of hydrogen-bond donors (Lipinski definition) is 2. The molecule has 2 aromatic rings. The quantitative estimate of drug-likeness (QED) is 0.773. The molecule has 0 radical (unpaired) electrons. The maximum absolute atomic E-state index is 10.0. The van der Waals surface area contributed by atoms with Gasteiger partial charge >= 0.3 is 0 Å². The summed E-state index contributed by atoms with van der Waals surface area (Å²) in [6.45, 7) is 5.08. The van der Waals surface area contributed by atoms with Gasteiger partial charge in [0.1, 0.15) is 23.0 Å². The van der Waals surface area contributed by atoms with Crippen LogP contribution in [0.3, 0.4) is 0 Å². The number of ether oxygens (including phenoxy) is 3. The summed E-state index contributed by atoms with van der Waals surface area (Å²) in [5.41, 5.74) is 1.78. The van der Waals surface area contributed by atoms with Crippen LogP contribution in [-0.4, -0.2) is 25.9 Å². The molecule has 0 bridgehead atoms. The molecule has 0 aliphatic heterocycles. The molecule has 0 unspecified atom stereocenters. The SMILES string of the molecule is CCOc1ccc(O)c(CN[C@@H](C)c2cc(OC)ccc2OC)c1. The fourth-order valence-corrected chi connectivity index (χ4v) is 2.51. The lowest BCUT2D eigenvalue weighted by Crippen LogP contribution is -2.19. The Morgan fingerprint density at radius 1 is 1.04 bits per heavy atom. The molecule has 130 valence electrons. The highest BCUT2D eigenvalue weighted by Gasteiger charge is 2.13. The molecule has 2 aromatic carbocycles. The summed E-state index contributed by atoms with van der Waals surface area (Å²) in [4.78, 5) is 0. The van der Waals surface area contributed by atoms with E-state index in [1.165, 1.54) is 0 Å². The van der Waals surface area contributed by atoms with Gasteiger partial charge in [-0.15, -0.1) is 0 Å². The number of phenolic OH excluding ortho intramolecular Hbond substituents is 1. The third-order valence-electron chi connectivity index (χ3n) is 3.86. The molecule has 0 fully saturated rings. The highest BCUT2D eigenvalue weighted by atomic mass is 16.5. The van der Waals surface area contributed by atoms with E-state index in [-0.39, 0.29) is 11.8 Å². The van der Waals surface area contributed by atoms with Crippen LogP contribution in [0.2, 0.25) is 0 Å². The van der Waals surface area contributed by atoms with E-state index in [2.05, 4.69) is 5.32 Å². The molecule has 0 aliphatic rings. The minimum Gasteiger partial charge on any atom is -0.508 e. The van der Waals surface area contributed by atoms with Crippen molar-refractivity contribution < 1.29 is 19.3 Å². The molecule has 0 aliphatic carbocycles. The second-order valence-electron chi connectivity index (χ2n) is 5.43. The number of methoxy groups -OCH3 is 2. The Balaban J connectivity index is 2.13. The highest BCUT2D eigenvalue weighted by Crippen LogP contribution is 2.30. The van der Waals surface area contributed by atoms with E-state index in [0.717, 1.165) is 28.4 Å². The average molecular weight is 331 g/mol. The molecule has 0 spiro atoms. The van der Waals surface area contributed by atoms with Crippen LogP contribution in [0.15, 0.2) is 36.4 Å². The third-order valence-corrected chi connectivity index (χ3v) is 3.86. The van der Waals surface area contributed by atoms with Gasteiger partial charge in [0.25, 0.3) is 0 Å². The summed E-state index contributed by atoms with van der Waals surface area (Å²) in [5.74, 6) is 2.57. The van der Waals surface area contributed by atoms with Gasteiger partial charge in [0.2, 0.25) is 0 Å². The maximum Gasteiger partial charge on any atom is 0.123 e. The summed E-state index contributed by atoms with van der Waals surface area (Å²) < 4.78 is 16.2. The molecular formula is C19H25NO4. The van der Waals surface area contributed by atoms with Crippen molar-refractivity contribution in [3.8, 4) is 23.0 Å². The topological polar surface area (TPSA) is 60.0 Å². The monoisotopic (exact) mass is 331 g/mol. The average Bonchev–Trinajstić information content (AvgIpc) is 2.61. The van der Waals surface area contributed by atoms with E-state index < -0.39 is 0 Å². The lowest BCUT2D eigenvalue weighted by molar-refractivity contribution is 0.338. The molecule has 1 atom stereocenters. The van der Waals surface area contributed by atoms with Gasteiger partial charge in [-0.25, -0.2) is 0 Å². The van der Waals surface area contributed by atoms with Crippen LogP contribution in [0, 0.1) is 0 Å². The van der Waals surface area contributed by atoms with Crippen molar-refractivity contribution in [1.29, 1.82) is 0 Å². The molecule has 5 heteroatoms. The predicted molar refractivity (Wildman–Crippen MR) is 94.1 cm³/mol. The van der Waals surface area contributed by atoms with Gasteiger partial charge in [-0.1, -0.05) is 0 Å². The lowest BCUT2D eigenvalue weighted by atomic mass is 10.1. The Morgan fingerprint density at radius 2 is 1.79 bits per heavy atom. The summed E-state index contributed by atoms with van der Waals surface area (Å²) in [6, 6.07) is 11.0. The van der Waals surface area contributed by atoms with Crippen molar-refractivity contribution in [2.24, 2.45) is 0 Å². The minimum absolute atomic E-state index is 0.0187. The van der Waals surface area contributed by atoms with E-state index in [1.54, 1.807) is 26.4 Å². The van der Waals surface area contributed by atoms with Crippen molar-refractivity contribution in [1.82, 2.24) is 5.32 Å². The second-order valence-corrected chi connectivity index (χ2v) is 5.43. The number of hydrogen-bond acceptors (Lipinski definition) is 5. The standard InChI is InChI=1S/C19H25NO4/c1-5-24-16-6-8-18(21)14(10-16)12-20-13(2)17-11-15(22-3)7-9-19(17)23-4/h6-11,13,20-21H,5,12H2,1-4H3/t13-/m0/s1. The van der Waals surface area contributed by atoms with Gasteiger partial charge in [-0.05, 0) is 50.2 Å². The summed E-state index contributed by atoms with van der Waals surface area (Å²) in [7, 11) is 3.29. The first-order chi connectivity index (χ1) is 11.6. The highest BCUT2D eigenvalue weighted by molar-refractivity contribution is 5.43. The molecule has 0 aromatic heterocycles. The van der Waals surface area contributed by atoms with Crippen LogP contribution in [0.5, 0.6) is 23.0 Å². The van der Waals surface area contributed by atoms with Gasteiger partial charge in [0.15, 0.2) is 0 Å². The minimum atomic E-state index is 0.0187. The fourth-order valence-electron chi connectivity index (χ4n) is 2.51. The van der Waals surface area contributed by atoms with Crippen molar-refractivity contribution in [3.63, 3.8) is 0 Å². The van der Waals surface area contributed by atoms with Crippen LogP contribution in [-0.2, 0) is 6.54 Å². The smallest absolute Gasteiger partial charge is 0.123 e. The Morgan fingerprint density at radius 3 is 2.46 bits per heavy atom. The van der Waals surface area contributed by atoms with Crippen LogP contribution in [0.4, 0.5) is 0 Å². The van der Waals surface area contributed by atoms with Crippen LogP contribution in [0.25, 0.3) is 0 Å². The summed E-state index contributed by atoms with van der Waals surface area (Å²) in [5, 5.41) is 13.4. The van der Waals surface area contributed by atoms with Crippen LogP contribution in [0.1, 0.15) is 31.0 Å². The van der Waals surface area contributed by atoms with Crippen LogP contribution >= 0.6 is 0 Å². The largest absolute Gasteiger partial charge is 0.508 e. The maximum atomic E-state index is 10.0. The number of nitrogens with one attached hydrogen (secondary N) is 1. The van der Waals surface area contributed by atoms with Crippen molar-refractivity contribution in [2.75, 3.05) is 20.8 Å². The Bertz CT molecular complexity index is 672. The Kier molecular flexibility index (Phi) is 6.32. The first-order valence-electron chi connectivity index (χ1n) is 7.99. The van der Waals surface area contributed by atoms with Gasteiger partial charge in [0.05, 0.1) is 20.8 Å². The number of phenols is 1. The first kappa shape index (κ1) is 17.9. The molecule has 5 nitrogen and oxygen atoms in total. The Labute approximate surface area is 143 Å². The van der Waals surface area contributed by atoms with E-state index in [1.807, 2.05) is 38.1 Å². The van der Waals surface area contributed by atoms with Crippen molar-refractivity contribution in [3.05, 3.63) is 47.5 Å². The number of aromatic hydroxyl groups is 1.